The van der Waals surface area contributed by atoms with Crippen molar-refractivity contribution in [3.8, 4) is 5.69 Å². The Morgan fingerprint density at radius 2 is 2.00 bits per heavy atom. The number of pyridine rings is 2. The highest BCUT2D eigenvalue weighted by atomic mass is 19.1. The standard InChI is InChI=1S/C20H17F2N5/c1-12-4-6-15(22)17(26-12)10-16(23)20-19(3-2-8-24-20)27-18-7-5-14(21)9-13(18)11-25-27/h2-9,11,16H,10,23H2,1H3/t16-/m0/s1. The Kier molecular flexibility index (Phi) is 4.37. The zero-order valence-electron chi connectivity index (χ0n) is 14.6. The lowest BCUT2D eigenvalue weighted by Crippen LogP contribution is -2.19. The molecular formula is C20H17F2N5. The van der Waals surface area contributed by atoms with E-state index in [0.29, 0.717) is 22.5 Å². The molecule has 3 heterocycles. The first kappa shape index (κ1) is 17.2. The number of hydrogen-bond acceptors (Lipinski definition) is 4. The molecule has 0 fully saturated rings. The van der Waals surface area contributed by atoms with Gasteiger partial charge >= 0.3 is 0 Å². The number of hydrogen-bond donors (Lipinski definition) is 1. The molecule has 0 spiro atoms. The quantitative estimate of drug-likeness (QED) is 0.599. The van der Waals surface area contributed by atoms with E-state index in [1.165, 1.54) is 18.2 Å². The van der Waals surface area contributed by atoms with Crippen molar-refractivity contribution in [1.82, 2.24) is 19.7 Å². The monoisotopic (exact) mass is 365 g/mol. The molecule has 4 aromatic rings. The highest BCUT2D eigenvalue weighted by Crippen LogP contribution is 2.25. The highest BCUT2D eigenvalue weighted by Gasteiger charge is 2.19. The largest absolute Gasteiger partial charge is 0.322 e. The lowest BCUT2D eigenvalue weighted by Gasteiger charge is -2.16. The summed E-state index contributed by atoms with van der Waals surface area (Å²) >= 11 is 0. The minimum atomic E-state index is -0.579. The molecule has 0 amide bonds. The molecule has 0 radical (unpaired) electrons. The second-order valence-corrected chi connectivity index (χ2v) is 6.36. The maximum atomic E-state index is 14.1. The van der Waals surface area contributed by atoms with Gasteiger partial charge in [0.05, 0.1) is 34.8 Å². The molecule has 1 aromatic carbocycles. The fourth-order valence-electron chi connectivity index (χ4n) is 3.11. The predicted molar refractivity (Wildman–Crippen MR) is 98.4 cm³/mol. The lowest BCUT2D eigenvalue weighted by molar-refractivity contribution is 0.573. The maximum Gasteiger partial charge on any atom is 0.144 e. The van der Waals surface area contributed by atoms with Crippen LogP contribution in [0.3, 0.4) is 0 Å². The fourth-order valence-corrected chi connectivity index (χ4v) is 3.11. The van der Waals surface area contributed by atoms with E-state index in [1.54, 1.807) is 42.2 Å². The first-order valence-corrected chi connectivity index (χ1v) is 8.49. The summed E-state index contributed by atoms with van der Waals surface area (Å²) in [5, 5.41) is 5.02. The Hall–Kier alpha value is -3.19. The second kappa shape index (κ2) is 6.85. The van der Waals surface area contributed by atoms with Crippen molar-refractivity contribution in [1.29, 1.82) is 0 Å². The van der Waals surface area contributed by atoms with Gasteiger partial charge in [0, 0.05) is 23.7 Å². The molecule has 0 unspecified atom stereocenters. The van der Waals surface area contributed by atoms with Gasteiger partial charge in [-0.05, 0) is 49.4 Å². The van der Waals surface area contributed by atoms with Crippen molar-refractivity contribution in [2.45, 2.75) is 19.4 Å². The molecule has 136 valence electrons. The number of nitrogens with two attached hydrogens (primary N) is 1. The van der Waals surface area contributed by atoms with E-state index in [1.807, 2.05) is 6.07 Å². The van der Waals surface area contributed by atoms with E-state index >= 15 is 0 Å². The SMILES string of the molecule is Cc1ccc(F)c(C[C@H](N)c2ncccc2-n2ncc3cc(F)ccc32)n1. The van der Waals surface area contributed by atoms with Crippen LogP contribution in [0.1, 0.15) is 23.1 Å². The number of nitrogens with zero attached hydrogens (tertiary/aromatic N) is 4. The summed E-state index contributed by atoms with van der Waals surface area (Å²) in [5.41, 5.74) is 9.34. The minimum Gasteiger partial charge on any atom is -0.322 e. The Morgan fingerprint density at radius 3 is 2.85 bits per heavy atom. The maximum absolute atomic E-state index is 14.1. The third-order valence-electron chi connectivity index (χ3n) is 4.40. The Labute approximate surface area is 154 Å². The Morgan fingerprint density at radius 1 is 1.15 bits per heavy atom. The van der Waals surface area contributed by atoms with Crippen LogP contribution in [0.4, 0.5) is 8.78 Å². The van der Waals surface area contributed by atoms with E-state index in [4.69, 9.17) is 5.73 Å². The van der Waals surface area contributed by atoms with Crippen molar-refractivity contribution in [2.24, 2.45) is 5.73 Å². The summed E-state index contributed by atoms with van der Waals surface area (Å²) in [7, 11) is 0. The van der Waals surface area contributed by atoms with Crippen molar-refractivity contribution in [2.75, 3.05) is 0 Å². The van der Waals surface area contributed by atoms with Gasteiger partial charge in [-0.3, -0.25) is 9.97 Å². The smallest absolute Gasteiger partial charge is 0.144 e. The summed E-state index contributed by atoms with van der Waals surface area (Å²) in [6.45, 7) is 1.80. The second-order valence-electron chi connectivity index (χ2n) is 6.36. The van der Waals surface area contributed by atoms with Crippen LogP contribution in [0.25, 0.3) is 16.6 Å². The molecule has 27 heavy (non-hydrogen) atoms. The summed E-state index contributed by atoms with van der Waals surface area (Å²) in [6.07, 6.45) is 3.41. The summed E-state index contributed by atoms with van der Waals surface area (Å²) in [6, 6.07) is 10.5. The molecule has 4 rings (SSSR count). The Bertz CT molecular complexity index is 1120. The summed E-state index contributed by atoms with van der Waals surface area (Å²) in [4.78, 5) is 8.64. The number of aromatic nitrogens is 4. The van der Waals surface area contributed by atoms with Crippen LogP contribution in [0.5, 0.6) is 0 Å². The van der Waals surface area contributed by atoms with E-state index in [0.717, 1.165) is 11.2 Å². The van der Waals surface area contributed by atoms with Gasteiger partial charge in [-0.25, -0.2) is 13.5 Å². The van der Waals surface area contributed by atoms with Crippen molar-refractivity contribution in [3.63, 3.8) is 0 Å². The van der Waals surface area contributed by atoms with Crippen LogP contribution in [0, 0.1) is 18.6 Å². The molecule has 0 saturated carbocycles. The van der Waals surface area contributed by atoms with Crippen LogP contribution in [-0.4, -0.2) is 19.7 Å². The normalized spacial score (nSPS) is 12.4. The van der Waals surface area contributed by atoms with Crippen LogP contribution in [0.15, 0.2) is 54.9 Å². The number of rotatable bonds is 4. The van der Waals surface area contributed by atoms with Crippen molar-refractivity contribution < 1.29 is 8.78 Å². The molecule has 2 N–H and O–H groups in total. The van der Waals surface area contributed by atoms with Gasteiger partial charge in [-0.15, -0.1) is 0 Å². The van der Waals surface area contributed by atoms with Gasteiger partial charge in [-0.2, -0.15) is 5.10 Å². The van der Waals surface area contributed by atoms with E-state index < -0.39 is 11.9 Å². The van der Waals surface area contributed by atoms with E-state index in [2.05, 4.69) is 15.1 Å². The predicted octanol–water partition coefficient (Wildman–Crippen LogP) is 3.64. The Balaban J connectivity index is 1.75. The zero-order valence-corrected chi connectivity index (χ0v) is 14.6. The molecular weight excluding hydrogens is 348 g/mol. The zero-order chi connectivity index (χ0) is 19.0. The third-order valence-corrected chi connectivity index (χ3v) is 4.40. The first-order valence-electron chi connectivity index (χ1n) is 8.49. The highest BCUT2D eigenvalue weighted by molar-refractivity contribution is 5.80. The minimum absolute atomic E-state index is 0.200. The molecule has 0 aliphatic carbocycles. The molecule has 0 saturated heterocycles. The number of benzene rings is 1. The number of fused-ring (bicyclic) bond motifs is 1. The van der Waals surface area contributed by atoms with Crippen LogP contribution in [-0.2, 0) is 6.42 Å². The van der Waals surface area contributed by atoms with Crippen molar-refractivity contribution >= 4 is 10.9 Å². The van der Waals surface area contributed by atoms with Crippen LogP contribution < -0.4 is 5.73 Å². The first-order chi connectivity index (χ1) is 13.0. The van der Waals surface area contributed by atoms with E-state index in [9.17, 15) is 8.78 Å². The summed E-state index contributed by atoms with van der Waals surface area (Å²) < 4.78 is 29.2. The summed E-state index contributed by atoms with van der Waals surface area (Å²) in [5.74, 6) is -0.722. The molecule has 5 nitrogen and oxygen atoms in total. The number of aryl methyl sites for hydroxylation is 1. The van der Waals surface area contributed by atoms with Crippen LogP contribution >= 0.6 is 0 Å². The number of halogens is 2. The molecule has 0 aliphatic rings. The molecule has 0 bridgehead atoms. The fraction of sp³-hybridized carbons (Fsp3) is 0.150. The van der Waals surface area contributed by atoms with Crippen LogP contribution in [0.2, 0.25) is 0 Å². The van der Waals surface area contributed by atoms with Gasteiger partial charge in [0.25, 0.3) is 0 Å². The average molecular weight is 365 g/mol. The van der Waals surface area contributed by atoms with Gasteiger partial charge in [0.15, 0.2) is 0 Å². The topological polar surface area (TPSA) is 69.6 Å². The van der Waals surface area contributed by atoms with Gasteiger partial charge in [0.2, 0.25) is 0 Å². The van der Waals surface area contributed by atoms with Gasteiger partial charge in [0.1, 0.15) is 11.6 Å². The van der Waals surface area contributed by atoms with Gasteiger partial charge < -0.3 is 5.73 Å². The van der Waals surface area contributed by atoms with Gasteiger partial charge in [-0.1, -0.05) is 0 Å². The molecule has 1 atom stereocenters. The average Bonchev–Trinajstić information content (AvgIpc) is 3.07. The van der Waals surface area contributed by atoms with Crippen molar-refractivity contribution in [3.05, 3.63) is 83.6 Å². The van der Waals surface area contributed by atoms with E-state index in [-0.39, 0.29) is 12.2 Å². The lowest BCUT2D eigenvalue weighted by atomic mass is 10.1. The third kappa shape index (κ3) is 3.29. The molecule has 7 heteroatoms. The molecule has 3 aromatic heterocycles. The molecule has 0 aliphatic heterocycles.